The summed E-state index contributed by atoms with van der Waals surface area (Å²) in [4.78, 5) is 12.3. The topological polar surface area (TPSA) is 84.9 Å². The molecule has 1 aromatic carbocycles. The highest BCUT2D eigenvalue weighted by atomic mass is 32.2. The molecule has 0 radical (unpaired) electrons. The van der Waals surface area contributed by atoms with Gasteiger partial charge in [-0.25, -0.2) is 8.42 Å². The van der Waals surface area contributed by atoms with Crippen molar-refractivity contribution in [1.82, 2.24) is 9.62 Å². The van der Waals surface area contributed by atoms with Gasteiger partial charge >= 0.3 is 0 Å². The number of nitrogens with one attached hydrogen (secondary N) is 1. The second kappa shape index (κ2) is 8.26. The van der Waals surface area contributed by atoms with E-state index < -0.39 is 10.0 Å². The highest BCUT2D eigenvalue weighted by molar-refractivity contribution is 7.89. The van der Waals surface area contributed by atoms with Gasteiger partial charge in [0.15, 0.2) is 11.5 Å². The molecule has 0 unspecified atom stereocenters. The Morgan fingerprint density at radius 3 is 2.58 bits per heavy atom. The molecule has 1 N–H and O–H groups in total. The van der Waals surface area contributed by atoms with E-state index in [-0.39, 0.29) is 16.7 Å². The zero-order chi connectivity index (χ0) is 18.6. The van der Waals surface area contributed by atoms with Gasteiger partial charge in [-0.05, 0) is 31.4 Å². The molecule has 1 saturated heterocycles. The summed E-state index contributed by atoms with van der Waals surface area (Å²) in [7, 11) is -3.61. The number of ether oxygens (including phenoxy) is 2. The number of amides is 1. The first kappa shape index (κ1) is 19.0. The number of nitrogens with zero attached hydrogens (tertiary/aromatic N) is 1. The van der Waals surface area contributed by atoms with Gasteiger partial charge in [0, 0.05) is 38.0 Å². The van der Waals surface area contributed by atoms with Gasteiger partial charge in [-0.3, -0.25) is 4.79 Å². The Hall–Kier alpha value is -1.80. The lowest BCUT2D eigenvalue weighted by Crippen LogP contribution is -2.43. The molecule has 2 aliphatic rings. The average Bonchev–Trinajstić information content (AvgIpc) is 2.91. The van der Waals surface area contributed by atoms with Crippen molar-refractivity contribution >= 4 is 15.9 Å². The fraction of sp³-hybridized carbons (Fsp3) is 0.611. The Morgan fingerprint density at radius 1 is 1.19 bits per heavy atom. The van der Waals surface area contributed by atoms with Crippen LogP contribution < -0.4 is 14.8 Å². The van der Waals surface area contributed by atoms with Crippen LogP contribution in [0.25, 0.3) is 0 Å². The number of piperidine rings is 1. The summed E-state index contributed by atoms with van der Waals surface area (Å²) in [5.74, 6) is 0.960. The smallest absolute Gasteiger partial charge is 0.243 e. The number of fused-ring (bicyclic) bond motifs is 1. The first-order valence-electron chi connectivity index (χ1n) is 9.20. The third-order valence-corrected chi connectivity index (χ3v) is 6.63. The van der Waals surface area contributed by atoms with Crippen molar-refractivity contribution in [2.45, 2.75) is 37.5 Å². The first-order valence-corrected chi connectivity index (χ1v) is 10.6. The molecule has 3 rings (SSSR count). The summed E-state index contributed by atoms with van der Waals surface area (Å²) in [6.07, 6.45) is 2.74. The molecule has 0 aliphatic carbocycles. The van der Waals surface area contributed by atoms with Gasteiger partial charge in [0.05, 0.1) is 18.1 Å². The van der Waals surface area contributed by atoms with Crippen LogP contribution in [-0.4, -0.2) is 51.5 Å². The van der Waals surface area contributed by atoms with Crippen molar-refractivity contribution in [2.75, 3.05) is 32.8 Å². The van der Waals surface area contributed by atoms with E-state index in [9.17, 15) is 13.2 Å². The van der Waals surface area contributed by atoms with Crippen molar-refractivity contribution in [3.8, 4) is 11.5 Å². The Labute approximate surface area is 154 Å². The van der Waals surface area contributed by atoms with Crippen LogP contribution in [0.4, 0.5) is 0 Å². The Bertz CT molecular complexity index is 742. The van der Waals surface area contributed by atoms with Gasteiger partial charge in [0.25, 0.3) is 0 Å². The molecular formula is C18H26N2O5S. The lowest BCUT2D eigenvalue weighted by atomic mass is 9.97. The Balaban J connectivity index is 1.68. The average molecular weight is 382 g/mol. The summed E-state index contributed by atoms with van der Waals surface area (Å²) < 4.78 is 38.5. The third-order valence-electron chi connectivity index (χ3n) is 4.73. The number of hydrogen-bond donors (Lipinski definition) is 1. The standard InChI is InChI=1S/C18H26N2O5S/c1-2-8-19-18(21)14-6-9-20(10-7-14)26(22,23)15-4-5-16-17(13-15)25-12-3-11-24-16/h4-5,13-14H,2-3,6-12H2,1H3,(H,19,21). The second-order valence-corrected chi connectivity index (χ2v) is 8.57. The number of benzene rings is 1. The van der Waals surface area contributed by atoms with E-state index in [4.69, 9.17) is 9.47 Å². The molecule has 2 aliphatic heterocycles. The van der Waals surface area contributed by atoms with Crippen molar-refractivity contribution in [3.05, 3.63) is 18.2 Å². The normalized spacial score (nSPS) is 19.0. The molecule has 0 aromatic heterocycles. The predicted octanol–water partition coefficient (Wildman–Crippen LogP) is 1.77. The minimum Gasteiger partial charge on any atom is -0.490 e. The maximum absolute atomic E-state index is 12.9. The molecule has 1 amide bonds. The van der Waals surface area contributed by atoms with Gasteiger partial charge < -0.3 is 14.8 Å². The predicted molar refractivity (Wildman–Crippen MR) is 96.8 cm³/mol. The van der Waals surface area contributed by atoms with Gasteiger partial charge in [-0.2, -0.15) is 4.31 Å². The van der Waals surface area contributed by atoms with Crippen LogP contribution >= 0.6 is 0 Å². The quantitative estimate of drug-likeness (QED) is 0.839. The zero-order valence-electron chi connectivity index (χ0n) is 15.1. The van der Waals surface area contributed by atoms with E-state index in [1.807, 2.05) is 6.92 Å². The molecule has 7 nitrogen and oxygen atoms in total. The highest BCUT2D eigenvalue weighted by Crippen LogP contribution is 2.33. The Kier molecular flexibility index (Phi) is 6.03. The van der Waals surface area contributed by atoms with E-state index in [0.29, 0.717) is 57.2 Å². The van der Waals surface area contributed by atoms with Crippen LogP contribution in [0.5, 0.6) is 11.5 Å². The van der Waals surface area contributed by atoms with Gasteiger partial charge in [0.1, 0.15) is 0 Å². The summed E-state index contributed by atoms with van der Waals surface area (Å²) in [6.45, 7) is 4.43. The number of rotatable bonds is 5. The van der Waals surface area contributed by atoms with Crippen LogP contribution in [0.15, 0.2) is 23.1 Å². The third kappa shape index (κ3) is 4.12. The van der Waals surface area contributed by atoms with Crippen LogP contribution in [0.1, 0.15) is 32.6 Å². The number of carbonyl (C=O) groups is 1. The van der Waals surface area contributed by atoms with Crippen LogP contribution in [0.2, 0.25) is 0 Å². The van der Waals surface area contributed by atoms with E-state index in [2.05, 4.69) is 5.32 Å². The molecule has 0 atom stereocenters. The Morgan fingerprint density at radius 2 is 1.88 bits per heavy atom. The number of hydrogen-bond acceptors (Lipinski definition) is 5. The number of sulfonamides is 1. The van der Waals surface area contributed by atoms with E-state index in [1.54, 1.807) is 12.1 Å². The summed E-state index contributed by atoms with van der Waals surface area (Å²) in [5.41, 5.74) is 0. The molecular weight excluding hydrogens is 356 g/mol. The maximum atomic E-state index is 12.9. The van der Waals surface area contributed by atoms with Crippen molar-refractivity contribution in [1.29, 1.82) is 0 Å². The monoisotopic (exact) mass is 382 g/mol. The fourth-order valence-electron chi connectivity index (χ4n) is 3.20. The largest absolute Gasteiger partial charge is 0.490 e. The molecule has 0 bridgehead atoms. The molecule has 0 spiro atoms. The lowest BCUT2D eigenvalue weighted by molar-refractivity contribution is -0.126. The van der Waals surface area contributed by atoms with E-state index in [0.717, 1.165) is 12.8 Å². The molecule has 2 heterocycles. The lowest BCUT2D eigenvalue weighted by Gasteiger charge is -2.30. The molecule has 1 aromatic rings. The molecule has 8 heteroatoms. The van der Waals surface area contributed by atoms with Crippen molar-refractivity contribution < 1.29 is 22.7 Å². The van der Waals surface area contributed by atoms with Crippen LogP contribution in [0.3, 0.4) is 0 Å². The maximum Gasteiger partial charge on any atom is 0.243 e. The second-order valence-electron chi connectivity index (χ2n) is 6.63. The van der Waals surface area contributed by atoms with Crippen molar-refractivity contribution in [2.24, 2.45) is 5.92 Å². The van der Waals surface area contributed by atoms with Gasteiger partial charge in [-0.15, -0.1) is 0 Å². The molecule has 26 heavy (non-hydrogen) atoms. The zero-order valence-corrected chi connectivity index (χ0v) is 15.9. The van der Waals surface area contributed by atoms with Gasteiger partial charge in [0.2, 0.25) is 15.9 Å². The number of carbonyl (C=O) groups excluding carboxylic acids is 1. The summed E-state index contributed by atoms with van der Waals surface area (Å²) in [6, 6.07) is 4.75. The van der Waals surface area contributed by atoms with Crippen molar-refractivity contribution in [3.63, 3.8) is 0 Å². The SMILES string of the molecule is CCCNC(=O)C1CCN(S(=O)(=O)c2ccc3c(c2)OCCCO3)CC1. The minimum atomic E-state index is -3.61. The first-order chi connectivity index (χ1) is 12.5. The van der Waals surface area contributed by atoms with Crippen LogP contribution in [-0.2, 0) is 14.8 Å². The fourth-order valence-corrected chi connectivity index (χ4v) is 4.69. The highest BCUT2D eigenvalue weighted by Gasteiger charge is 2.32. The molecule has 0 saturated carbocycles. The minimum absolute atomic E-state index is 0.0273. The summed E-state index contributed by atoms with van der Waals surface area (Å²) in [5, 5.41) is 2.89. The summed E-state index contributed by atoms with van der Waals surface area (Å²) >= 11 is 0. The van der Waals surface area contributed by atoms with Crippen LogP contribution in [0, 0.1) is 5.92 Å². The van der Waals surface area contributed by atoms with Gasteiger partial charge in [-0.1, -0.05) is 6.92 Å². The molecule has 1 fully saturated rings. The van der Waals surface area contributed by atoms with E-state index >= 15 is 0 Å². The molecule has 144 valence electrons. The van der Waals surface area contributed by atoms with E-state index in [1.165, 1.54) is 10.4 Å².